The molecule has 0 unspecified atom stereocenters. The molecule has 20 heavy (non-hydrogen) atoms. The number of nitrogens with one attached hydrogen (secondary N) is 1. The molecule has 3 N–H and O–H groups in total. The molecular formula is C11H10BrN3O4S. The van der Waals surface area contributed by atoms with E-state index in [4.69, 9.17) is 9.66 Å². The van der Waals surface area contributed by atoms with E-state index in [-0.39, 0.29) is 10.6 Å². The van der Waals surface area contributed by atoms with Crippen LogP contribution in [0.3, 0.4) is 0 Å². The van der Waals surface area contributed by atoms with Gasteiger partial charge in [0.05, 0.1) is 10.6 Å². The molecule has 2 rings (SSSR count). The maximum Gasteiger partial charge on any atom is 0.277 e. The Morgan fingerprint density at radius 1 is 1.40 bits per heavy atom. The Kier molecular flexibility index (Phi) is 3.93. The fourth-order valence-electron chi connectivity index (χ4n) is 1.43. The summed E-state index contributed by atoms with van der Waals surface area (Å²) in [5.41, 5.74) is 0.521. The normalized spacial score (nSPS) is 11.3. The van der Waals surface area contributed by atoms with Gasteiger partial charge in [0.2, 0.25) is 10.0 Å². The van der Waals surface area contributed by atoms with Crippen molar-refractivity contribution in [2.75, 3.05) is 5.32 Å². The maximum absolute atomic E-state index is 11.9. The zero-order valence-electron chi connectivity index (χ0n) is 10.3. The average molecular weight is 360 g/mol. The van der Waals surface area contributed by atoms with Crippen LogP contribution in [0.2, 0.25) is 0 Å². The number of nitrogens with zero attached hydrogens (tertiary/aromatic N) is 1. The minimum absolute atomic E-state index is 0.0559. The molecule has 0 aliphatic carbocycles. The van der Waals surface area contributed by atoms with E-state index in [1.807, 2.05) is 0 Å². The van der Waals surface area contributed by atoms with Gasteiger partial charge in [-0.1, -0.05) is 5.16 Å². The number of carbonyl (C=O) groups excluding carboxylic acids is 1. The zero-order valence-corrected chi connectivity index (χ0v) is 12.7. The first-order valence-corrected chi connectivity index (χ1v) is 7.68. The van der Waals surface area contributed by atoms with Crippen molar-refractivity contribution in [1.29, 1.82) is 0 Å². The van der Waals surface area contributed by atoms with Crippen molar-refractivity contribution in [3.8, 4) is 0 Å². The Bertz CT molecular complexity index is 770. The Hall–Kier alpha value is -1.71. The van der Waals surface area contributed by atoms with Gasteiger partial charge >= 0.3 is 0 Å². The predicted octanol–water partition coefficient (Wildman–Crippen LogP) is 1.65. The molecule has 0 atom stereocenters. The SMILES string of the molecule is Cc1cc(C(=O)Nc2ccc(S(N)(=O)=O)cc2Br)no1. The van der Waals surface area contributed by atoms with Crippen LogP contribution in [0.15, 0.2) is 38.2 Å². The first kappa shape index (κ1) is 14.7. The van der Waals surface area contributed by atoms with Crippen LogP contribution in [0.5, 0.6) is 0 Å². The second-order valence-corrected chi connectivity index (χ2v) is 6.38. The summed E-state index contributed by atoms with van der Waals surface area (Å²) in [5.74, 6) is 0.0460. The summed E-state index contributed by atoms with van der Waals surface area (Å²) < 4.78 is 27.6. The van der Waals surface area contributed by atoms with E-state index < -0.39 is 15.9 Å². The van der Waals surface area contributed by atoms with Gasteiger partial charge in [0.25, 0.3) is 5.91 Å². The van der Waals surface area contributed by atoms with Crippen LogP contribution in [0.25, 0.3) is 0 Å². The molecule has 1 heterocycles. The summed E-state index contributed by atoms with van der Waals surface area (Å²) in [7, 11) is -3.79. The lowest BCUT2D eigenvalue weighted by Crippen LogP contribution is -2.14. The molecule has 0 aliphatic rings. The van der Waals surface area contributed by atoms with E-state index in [2.05, 4.69) is 26.4 Å². The molecule has 0 radical (unpaired) electrons. The molecule has 0 aliphatic heterocycles. The third-order valence-electron chi connectivity index (χ3n) is 2.38. The number of hydrogen-bond donors (Lipinski definition) is 2. The predicted molar refractivity (Wildman–Crippen MR) is 74.7 cm³/mol. The summed E-state index contributed by atoms with van der Waals surface area (Å²) in [6, 6.07) is 5.51. The van der Waals surface area contributed by atoms with E-state index in [0.717, 1.165) is 0 Å². The number of rotatable bonds is 3. The van der Waals surface area contributed by atoms with Gasteiger partial charge in [-0.2, -0.15) is 0 Å². The van der Waals surface area contributed by atoms with Crippen molar-refractivity contribution in [2.24, 2.45) is 5.14 Å². The topological polar surface area (TPSA) is 115 Å². The van der Waals surface area contributed by atoms with E-state index in [1.165, 1.54) is 24.3 Å². The minimum atomic E-state index is -3.79. The third kappa shape index (κ3) is 3.24. The molecule has 9 heteroatoms. The third-order valence-corrected chi connectivity index (χ3v) is 3.94. The Morgan fingerprint density at radius 3 is 2.60 bits per heavy atom. The molecule has 1 amide bonds. The van der Waals surface area contributed by atoms with Crippen LogP contribution in [0, 0.1) is 6.92 Å². The van der Waals surface area contributed by atoms with Gasteiger partial charge < -0.3 is 9.84 Å². The molecule has 2 aromatic rings. The van der Waals surface area contributed by atoms with Gasteiger partial charge in [-0.25, -0.2) is 13.6 Å². The van der Waals surface area contributed by atoms with Gasteiger partial charge in [0, 0.05) is 10.5 Å². The van der Waals surface area contributed by atoms with E-state index >= 15 is 0 Å². The number of benzene rings is 1. The smallest absolute Gasteiger partial charge is 0.277 e. The number of halogens is 1. The van der Waals surface area contributed by atoms with Crippen LogP contribution in [0.1, 0.15) is 16.2 Å². The number of aromatic nitrogens is 1. The van der Waals surface area contributed by atoms with E-state index in [0.29, 0.717) is 15.9 Å². The first-order chi connectivity index (χ1) is 9.27. The summed E-state index contributed by atoms with van der Waals surface area (Å²) in [6.07, 6.45) is 0. The quantitative estimate of drug-likeness (QED) is 0.864. The molecule has 0 saturated heterocycles. The second-order valence-electron chi connectivity index (χ2n) is 3.96. The van der Waals surface area contributed by atoms with Crippen LogP contribution in [-0.4, -0.2) is 19.5 Å². The lowest BCUT2D eigenvalue weighted by atomic mass is 10.3. The molecular weight excluding hydrogens is 350 g/mol. The molecule has 1 aromatic heterocycles. The highest BCUT2D eigenvalue weighted by Crippen LogP contribution is 2.25. The molecule has 106 valence electrons. The van der Waals surface area contributed by atoms with Crippen molar-refractivity contribution in [3.63, 3.8) is 0 Å². The number of primary sulfonamides is 1. The second kappa shape index (κ2) is 5.35. The molecule has 7 nitrogen and oxygen atoms in total. The zero-order chi connectivity index (χ0) is 14.9. The van der Waals surface area contributed by atoms with E-state index in [1.54, 1.807) is 6.92 Å². The summed E-state index contributed by atoms with van der Waals surface area (Å²) in [6.45, 7) is 1.67. The standard InChI is InChI=1S/C11H10BrN3O4S/c1-6-4-10(15-19-6)11(16)14-9-3-2-7(5-8(9)12)20(13,17)18/h2-5H,1H3,(H,14,16)(H2,13,17,18). The highest BCUT2D eigenvalue weighted by molar-refractivity contribution is 9.10. The van der Waals surface area contributed by atoms with Crippen LogP contribution < -0.4 is 10.5 Å². The Morgan fingerprint density at radius 2 is 2.10 bits per heavy atom. The molecule has 0 fully saturated rings. The van der Waals surface area contributed by atoms with Crippen LogP contribution >= 0.6 is 15.9 Å². The summed E-state index contributed by atoms with van der Waals surface area (Å²) in [5, 5.41) is 11.2. The van der Waals surface area contributed by atoms with Gasteiger partial charge in [0.15, 0.2) is 5.69 Å². The van der Waals surface area contributed by atoms with E-state index in [9.17, 15) is 13.2 Å². The number of sulfonamides is 1. The van der Waals surface area contributed by atoms with Crippen LogP contribution in [-0.2, 0) is 10.0 Å². The average Bonchev–Trinajstić information content (AvgIpc) is 2.77. The Balaban J connectivity index is 2.25. The monoisotopic (exact) mass is 359 g/mol. The number of nitrogens with two attached hydrogens (primary N) is 1. The molecule has 1 aromatic carbocycles. The lowest BCUT2D eigenvalue weighted by Gasteiger charge is -2.07. The molecule has 0 bridgehead atoms. The van der Waals surface area contributed by atoms with Crippen molar-refractivity contribution in [1.82, 2.24) is 5.16 Å². The summed E-state index contributed by atoms with van der Waals surface area (Å²) in [4.78, 5) is 11.8. The van der Waals surface area contributed by atoms with Crippen LogP contribution in [0.4, 0.5) is 5.69 Å². The fraction of sp³-hybridized carbons (Fsp3) is 0.0909. The molecule has 0 spiro atoms. The van der Waals surface area contributed by atoms with Gasteiger partial charge in [-0.15, -0.1) is 0 Å². The van der Waals surface area contributed by atoms with Gasteiger partial charge in [0.1, 0.15) is 5.76 Å². The number of amides is 1. The number of carbonyl (C=O) groups is 1. The van der Waals surface area contributed by atoms with Crippen molar-refractivity contribution < 1.29 is 17.7 Å². The lowest BCUT2D eigenvalue weighted by molar-refractivity contribution is 0.101. The fourth-order valence-corrected chi connectivity index (χ4v) is 2.60. The van der Waals surface area contributed by atoms with Crippen molar-refractivity contribution in [2.45, 2.75) is 11.8 Å². The van der Waals surface area contributed by atoms with Gasteiger partial charge in [-0.05, 0) is 41.1 Å². The summed E-state index contributed by atoms with van der Waals surface area (Å²) >= 11 is 3.17. The minimum Gasteiger partial charge on any atom is -0.361 e. The largest absolute Gasteiger partial charge is 0.361 e. The number of hydrogen-bond acceptors (Lipinski definition) is 5. The van der Waals surface area contributed by atoms with Crippen molar-refractivity contribution in [3.05, 3.63) is 40.2 Å². The highest BCUT2D eigenvalue weighted by atomic mass is 79.9. The number of aryl methyl sites for hydroxylation is 1. The maximum atomic E-state index is 11.9. The first-order valence-electron chi connectivity index (χ1n) is 5.34. The Labute approximate surface area is 123 Å². The number of anilines is 1. The molecule has 0 saturated carbocycles. The van der Waals surface area contributed by atoms with Gasteiger partial charge in [-0.3, -0.25) is 4.79 Å². The highest BCUT2D eigenvalue weighted by Gasteiger charge is 2.15. The van der Waals surface area contributed by atoms with Crippen molar-refractivity contribution >= 4 is 37.5 Å².